The predicted octanol–water partition coefficient (Wildman–Crippen LogP) is 6.00. The second kappa shape index (κ2) is 6.67. The maximum atomic E-state index is 13.4. The summed E-state index contributed by atoms with van der Waals surface area (Å²) in [4.78, 5) is 4.40. The molecule has 28 heavy (non-hydrogen) atoms. The fraction of sp³-hybridized carbons (Fsp3) is 0.143. The van der Waals surface area contributed by atoms with Crippen molar-refractivity contribution in [3.8, 4) is 11.3 Å². The molecule has 0 unspecified atom stereocenters. The zero-order chi connectivity index (χ0) is 19.9. The highest BCUT2D eigenvalue weighted by atomic mass is 19.4. The predicted molar refractivity (Wildman–Crippen MR) is 104 cm³/mol. The molecular formula is C21H17F3N4. The standard InChI is InChI=1S/C21H17F3N4/c1-12-13(2)25-19(14-7-3-5-9-16(14)21(22,23)24)11-18(12)26-20-15-8-4-6-10-17(15)27-28-20/h3-11H,1-2H3,(H2,25,26,27,28). The lowest BCUT2D eigenvalue weighted by Crippen LogP contribution is -2.08. The van der Waals surface area contributed by atoms with E-state index in [0.717, 1.165) is 22.5 Å². The zero-order valence-electron chi connectivity index (χ0n) is 15.2. The quantitative estimate of drug-likeness (QED) is 0.457. The molecule has 7 heteroatoms. The highest BCUT2D eigenvalue weighted by Gasteiger charge is 2.33. The molecule has 0 aliphatic heterocycles. The molecule has 2 aromatic carbocycles. The molecule has 0 amide bonds. The number of pyridine rings is 1. The fourth-order valence-corrected chi connectivity index (χ4v) is 3.14. The summed E-state index contributed by atoms with van der Waals surface area (Å²) in [7, 11) is 0. The van der Waals surface area contributed by atoms with Gasteiger partial charge in [0, 0.05) is 22.3 Å². The molecule has 4 rings (SSSR count). The fourth-order valence-electron chi connectivity index (χ4n) is 3.14. The van der Waals surface area contributed by atoms with Crippen molar-refractivity contribution in [3.63, 3.8) is 0 Å². The monoisotopic (exact) mass is 382 g/mol. The normalized spacial score (nSPS) is 11.8. The van der Waals surface area contributed by atoms with Gasteiger partial charge in [-0.15, -0.1) is 0 Å². The van der Waals surface area contributed by atoms with Crippen LogP contribution >= 0.6 is 0 Å². The van der Waals surface area contributed by atoms with E-state index in [9.17, 15) is 13.2 Å². The van der Waals surface area contributed by atoms with Gasteiger partial charge in [0.25, 0.3) is 0 Å². The Morgan fingerprint density at radius 1 is 0.964 bits per heavy atom. The maximum Gasteiger partial charge on any atom is 0.417 e. The average Bonchev–Trinajstić information content (AvgIpc) is 3.07. The number of nitrogens with one attached hydrogen (secondary N) is 2. The molecule has 2 heterocycles. The van der Waals surface area contributed by atoms with Crippen molar-refractivity contribution < 1.29 is 13.2 Å². The number of hydrogen-bond donors (Lipinski definition) is 2. The second-order valence-electron chi connectivity index (χ2n) is 6.55. The van der Waals surface area contributed by atoms with Gasteiger partial charge in [-0.05, 0) is 43.7 Å². The van der Waals surface area contributed by atoms with Gasteiger partial charge in [0.1, 0.15) is 0 Å². The number of anilines is 2. The number of nitrogens with zero attached hydrogens (tertiary/aromatic N) is 2. The van der Waals surface area contributed by atoms with Crippen LogP contribution < -0.4 is 5.32 Å². The molecule has 0 bridgehead atoms. The Morgan fingerprint density at radius 3 is 2.46 bits per heavy atom. The van der Waals surface area contributed by atoms with Crippen LogP contribution in [0.15, 0.2) is 54.6 Å². The van der Waals surface area contributed by atoms with Crippen molar-refractivity contribution in [2.24, 2.45) is 0 Å². The van der Waals surface area contributed by atoms with E-state index < -0.39 is 11.7 Å². The first-order valence-electron chi connectivity index (χ1n) is 8.69. The summed E-state index contributed by atoms with van der Waals surface area (Å²) in [5.74, 6) is 0.611. The molecule has 4 nitrogen and oxygen atoms in total. The number of rotatable bonds is 3. The first-order valence-corrected chi connectivity index (χ1v) is 8.69. The van der Waals surface area contributed by atoms with Gasteiger partial charge < -0.3 is 5.32 Å². The van der Waals surface area contributed by atoms with Gasteiger partial charge in [-0.3, -0.25) is 10.1 Å². The Balaban J connectivity index is 1.82. The molecule has 142 valence electrons. The molecule has 0 radical (unpaired) electrons. The van der Waals surface area contributed by atoms with Crippen molar-refractivity contribution in [2.45, 2.75) is 20.0 Å². The molecule has 0 fully saturated rings. The van der Waals surface area contributed by atoms with Gasteiger partial charge in [0.2, 0.25) is 0 Å². The summed E-state index contributed by atoms with van der Waals surface area (Å²) in [6.07, 6.45) is -4.46. The molecule has 2 aromatic heterocycles. The number of para-hydroxylation sites is 1. The van der Waals surface area contributed by atoms with E-state index in [1.165, 1.54) is 12.1 Å². The Morgan fingerprint density at radius 2 is 1.68 bits per heavy atom. The number of halogens is 3. The minimum Gasteiger partial charge on any atom is -0.338 e. The molecule has 0 aliphatic rings. The molecule has 2 N–H and O–H groups in total. The van der Waals surface area contributed by atoms with Crippen LogP contribution in [0.4, 0.5) is 24.7 Å². The van der Waals surface area contributed by atoms with E-state index in [1.807, 2.05) is 31.2 Å². The lowest BCUT2D eigenvalue weighted by molar-refractivity contribution is -0.137. The molecule has 0 saturated carbocycles. The van der Waals surface area contributed by atoms with E-state index in [1.54, 1.807) is 19.1 Å². The lowest BCUT2D eigenvalue weighted by Gasteiger charge is -2.16. The van der Waals surface area contributed by atoms with Gasteiger partial charge in [0.15, 0.2) is 5.82 Å². The summed E-state index contributed by atoms with van der Waals surface area (Å²) in [6.45, 7) is 3.65. The Bertz CT molecular complexity index is 1160. The minimum absolute atomic E-state index is 0.0491. The summed E-state index contributed by atoms with van der Waals surface area (Å²) in [6, 6.07) is 14.7. The molecule has 0 aliphatic carbocycles. The van der Waals surface area contributed by atoms with Crippen molar-refractivity contribution >= 4 is 22.4 Å². The van der Waals surface area contributed by atoms with Crippen molar-refractivity contribution in [2.75, 3.05) is 5.32 Å². The van der Waals surface area contributed by atoms with Gasteiger partial charge >= 0.3 is 6.18 Å². The van der Waals surface area contributed by atoms with Crippen LogP contribution in [-0.2, 0) is 6.18 Å². The van der Waals surface area contributed by atoms with E-state index in [2.05, 4.69) is 20.5 Å². The SMILES string of the molecule is Cc1nc(-c2ccccc2C(F)(F)F)cc(Nc2n[nH]c3ccccc23)c1C. The van der Waals surface area contributed by atoms with Gasteiger partial charge in [-0.1, -0.05) is 30.3 Å². The summed E-state index contributed by atoms with van der Waals surface area (Å²) in [5.41, 5.74) is 2.64. The Kier molecular flexibility index (Phi) is 4.30. The summed E-state index contributed by atoms with van der Waals surface area (Å²) in [5, 5.41) is 11.4. The average molecular weight is 382 g/mol. The minimum atomic E-state index is -4.46. The van der Waals surface area contributed by atoms with Crippen LogP contribution in [-0.4, -0.2) is 15.2 Å². The van der Waals surface area contributed by atoms with Crippen LogP contribution in [0.5, 0.6) is 0 Å². The number of alkyl halides is 3. The third-order valence-electron chi connectivity index (χ3n) is 4.75. The van der Waals surface area contributed by atoms with Crippen LogP contribution in [0.1, 0.15) is 16.8 Å². The first-order chi connectivity index (χ1) is 13.3. The number of fused-ring (bicyclic) bond motifs is 1. The highest BCUT2D eigenvalue weighted by molar-refractivity contribution is 5.91. The topological polar surface area (TPSA) is 53.6 Å². The van der Waals surface area contributed by atoms with Crippen molar-refractivity contribution in [1.82, 2.24) is 15.2 Å². The zero-order valence-corrected chi connectivity index (χ0v) is 15.2. The number of aromatic nitrogens is 3. The molecule has 4 aromatic rings. The van der Waals surface area contributed by atoms with Gasteiger partial charge in [-0.2, -0.15) is 18.3 Å². The van der Waals surface area contributed by atoms with E-state index >= 15 is 0 Å². The largest absolute Gasteiger partial charge is 0.417 e. The second-order valence-corrected chi connectivity index (χ2v) is 6.55. The lowest BCUT2D eigenvalue weighted by atomic mass is 10.0. The Labute approximate surface area is 159 Å². The molecule has 0 saturated heterocycles. The number of H-pyrrole nitrogens is 1. The van der Waals surface area contributed by atoms with Crippen molar-refractivity contribution in [3.05, 3.63) is 71.4 Å². The highest BCUT2D eigenvalue weighted by Crippen LogP contribution is 2.38. The van der Waals surface area contributed by atoms with E-state index in [4.69, 9.17) is 0 Å². The molecular weight excluding hydrogens is 365 g/mol. The number of hydrogen-bond acceptors (Lipinski definition) is 3. The van der Waals surface area contributed by atoms with Crippen molar-refractivity contribution in [1.29, 1.82) is 0 Å². The third-order valence-corrected chi connectivity index (χ3v) is 4.75. The van der Waals surface area contributed by atoms with Gasteiger partial charge in [0.05, 0.1) is 16.8 Å². The number of aryl methyl sites for hydroxylation is 1. The number of aromatic amines is 1. The summed E-state index contributed by atoms with van der Waals surface area (Å²) >= 11 is 0. The molecule has 0 spiro atoms. The number of benzene rings is 2. The third kappa shape index (κ3) is 3.19. The molecule has 0 atom stereocenters. The van der Waals surface area contributed by atoms with E-state index in [0.29, 0.717) is 17.2 Å². The summed E-state index contributed by atoms with van der Waals surface area (Å²) < 4.78 is 40.3. The Hall–Kier alpha value is -3.35. The van der Waals surface area contributed by atoms with E-state index in [-0.39, 0.29) is 11.3 Å². The smallest absolute Gasteiger partial charge is 0.338 e. The van der Waals surface area contributed by atoms with Crippen LogP contribution in [0.2, 0.25) is 0 Å². The van der Waals surface area contributed by atoms with Crippen LogP contribution in [0.3, 0.4) is 0 Å². The van der Waals surface area contributed by atoms with Gasteiger partial charge in [-0.25, -0.2) is 0 Å². The van der Waals surface area contributed by atoms with Crippen LogP contribution in [0.25, 0.3) is 22.2 Å². The first kappa shape index (κ1) is 18.0. The van der Waals surface area contributed by atoms with Crippen LogP contribution in [0, 0.1) is 13.8 Å². The maximum absolute atomic E-state index is 13.4.